The topological polar surface area (TPSA) is 50.4 Å². The van der Waals surface area contributed by atoms with E-state index in [1.165, 1.54) is 0 Å². The zero-order valence-corrected chi connectivity index (χ0v) is 14.6. The van der Waals surface area contributed by atoms with E-state index in [0.717, 1.165) is 25.9 Å². The van der Waals surface area contributed by atoms with Crippen molar-refractivity contribution in [2.45, 2.75) is 31.7 Å². The first-order chi connectivity index (χ1) is 10.2. The van der Waals surface area contributed by atoms with Crippen molar-refractivity contribution in [1.29, 1.82) is 0 Å². The predicted octanol–water partition coefficient (Wildman–Crippen LogP) is 3.44. The van der Waals surface area contributed by atoms with E-state index >= 15 is 0 Å². The summed E-state index contributed by atoms with van der Waals surface area (Å²) < 4.78 is 5.55. The molecule has 1 aliphatic heterocycles. The van der Waals surface area contributed by atoms with Crippen molar-refractivity contribution < 1.29 is 9.53 Å². The van der Waals surface area contributed by atoms with Gasteiger partial charge in [-0.2, -0.15) is 0 Å². The second-order valence-corrected chi connectivity index (χ2v) is 5.90. The van der Waals surface area contributed by atoms with Crippen molar-refractivity contribution in [3.8, 4) is 5.75 Å². The fourth-order valence-electron chi connectivity index (χ4n) is 2.29. The van der Waals surface area contributed by atoms with Crippen LogP contribution < -0.4 is 15.4 Å². The SMILES string of the molecule is Cl.O=C(CCCOc1cccc(Cl)c1Cl)NC1CCCNC1. The summed E-state index contributed by atoms with van der Waals surface area (Å²) in [6.07, 6.45) is 3.26. The molecule has 1 aromatic carbocycles. The fraction of sp³-hybridized carbons (Fsp3) is 0.533. The third-order valence-corrected chi connectivity index (χ3v) is 4.19. The third kappa shape index (κ3) is 6.21. The molecule has 124 valence electrons. The number of ether oxygens (including phenoxy) is 1. The van der Waals surface area contributed by atoms with Crippen LogP contribution in [0.15, 0.2) is 18.2 Å². The van der Waals surface area contributed by atoms with E-state index in [1.807, 2.05) is 0 Å². The van der Waals surface area contributed by atoms with E-state index in [0.29, 0.717) is 35.2 Å². The van der Waals surface area contributed by atoms with Crippen LogP contribution in [0.25, 0.3) is 0 Å². The number of benzene rings is 1. The van der Waals surface area contributed by atoms with Crippen LogP contribution in [0.2, 0.25) is 10.0 Å². The maximum atomic E-state index is 11.8. The van der Waals surface area contributed by atoms with Gasteiger partial charge in [-0.05, 0) is 37.9 Å². The summed E-state index contributed by atoms with van der Waals surface area (Å²) in [4.78, 5) is 11.8. The lowest BCUT2D eigenvalue weighted by Gasteiger charge is -2.23. The lowest BCUT2D eigenvalue weighted by molar-refractivity contribution is -0.122. The number of halogens is 3. The van der Waals surface area contributed by atoms with Crippen molar-refractivity contribution in [1.82, 2.24) is 10.6 Å². The second kappa shape index (κ2) is 10.2. The highest BCUT2D eigenvalue weighted by Crippen LogP contribution is 2.31. The molecule has 0 aromatic heterocycles. The van der Waals surface area contributed by atoms with Gasteiger partial charge in [0.15, 0.2) is 0 Å². The van der Waals surface area contributed by atoms with Gasteiger partial charge in [-0.3, -0.25) is 4.79 Å². The maximum absolute atomic E-state index is 11.8. The summed E-state index contributed by atoms with van der Waals surface area (Å²) in [5.74, 6) is 0.630. The first kappa shape index (κ1) is 19.4. The molecule has 1 fully saturated rings. The highest BCUT2D eigenvalue weighted by molar-refractivity contribution is 6.42. The zero-order valence-electron chi connectivity index (χ0n) is 12.2. The number of carbonyl (C=O) groups excluding carboxylic acids is 1. The fourth-order valence-corrected chi connectivity index (χ4v) is 2.63. The molecule has 0 saturated carbocycles. The summed E-state index contributed by atoms with van der Waals surface area (Å²) >= 11 is 11.9. The van der Waals surface area contributed by atoms with E-state index in [2.05, 4.69) is 10.6 Å². The van der Waals surface area contributed by atoms with Crippen LogP contribution >= 0.6 is 35.6 Å². The molecule has 2 rings (SSSR count). The Labute approximate surface area is 147 Å². The first-order valence-corrected chi connectivity index (χ1v) is 7.99. The minimum absolute atomic E-state index is 0. The molecule has 1 heterocycles. The summed E-state index contributed by atoms with van der Waals surface area (Å²) in [7, 11) is 0. The molecule has 0 spiro atoms. The molecular weight excluding hydrogens is 347 g/mol. The number of rotatable bonds is 6. The van der Waals surface area contributed by atoms with Gasteiger partial charge in [0.2, 0.25) is 5.91 Å². The van der Waals surface area contributed by atoms with Crippen molar-refractivity contribution in [3.63, 3.8) is 0 Å². The highest BCUT2D eigenvalue weighted by Gasteiger charge is 2.14. The Hall–Kier alpha value is -0.680. The van der Waals surface area contributed by atoms with Crippen LogP contribution in [-0.4, -0.2) is 31.6 Å². The average Bonchev–Trinajstić information content (AvgIpc) is 2.49. The predicted molar refractivity (Wildman–Crippen MR) is 92.5 cm³/mol. The molecule has 1 aromatic rings. The lowest BCUT2D eigenvalue weighted by Crippen LogP contribution is -2.45. The van der Waals surface area contributed by atoms with Crippen LogP contribution in [0.4, 0.5) is 0 Å². The number of hydrogen-bond donors (Lipinski definition) is 2. The highest BCUT2D eigenvalue weighted by atomic mass is 35.5. The van der Waals surface area contributed by atoms with E-state index in [9.17, 15) is 4.79 Å². The number of hydrogen-bond acceptors (Lipinski definition) is 3. The molecule has 0 aliphatic carbocycles. The van der Waals surface area contributed by atoms with E-state index in [-0.39, 0.29) is 24.4 Å². The molecule has 0 bridgehead atoms. The number of piperidine rings is 1. The molecule has 1 atom stereocenters. The van der Waals surface area contributed by atoms with Gasteiger partial charge in [0.25, 0.3) is 0 Å². The number of amides is 1. The standard InChI is InChI=1S/C15H20Cl2N2O2.ClH/c16-12-5-1-6-13(15(12)17)21-9-3-7-14(20)19-11-4-2-8-18-10-11;/h1,5-6,11,18H,2-4,7-10H2,(H,19,20);1H. The van der Waals surface area contributed by atoms with Crippen molar-refractivity contribution >= 4 is 41.5 Å². The summed E-state index contributed by atoms with van der Waals surface area (Å²) in [6.45, 7) is 2.34. The third-order valence-electron chi connectivity index (χ3n) is 3.38. The van der Waals surface area contributed by atoms with Crippen molar-refractivity contribution in [2.24, 2.45) is 0 Å². The minimum atomic E-state index is 0. The summed E-state index contributed by atoms with van der Waals surface area (Å²) in [6, 6.07) is 5.52. The molecular formula is C15H21Cl3N2O2. The average molecular weight is 368 g/mol. The van der Waals surface area contributed by atoms with Crippen molar-refractivity contribution in [3.05, 3.63) is 28.2 Å². The van der Waals surface area contributed by atoms with E-state index < -0.39 is 0 Å². The van der Waals surface area contributed by atoms with Crippen LogP contribution in [0.3, 0.4) is 0 Å². The molecule has 22 heavy (non-hydrogen) atoms. The van der Waals surface area contributed by atoms with Gasteiger partial charge in [-0.1, -0.05) is 29.3 Å². The van der Waals surface area contributed by atoms with E-state index in [1.54, 1.807) is 18.2 Å². The van der Waals surface area contributed by atoms with Crippen LogP contribution in [0.1, 0.15) is 25.7 Å². The summed E-state index contributed by atoms with van der Waals surface area (Å²) in [5, 5.41) is 7.19. The first-order valence-electron chi connectivity index (χ1n) is 7.23. The molecule has 2 N–H and O–H groups in total. The van der Waals surface area contributed by atoms with Gasteiger partial charge in [0.05, 0.1) is 11.6 Å². The Balaban J connectivity index is 0.00000242. The van der Waals surface area contributed by atoms with Crippen LogP contribution in [0.5, 0.6) is 5.75 Å². The second-order valence-electron chi connectivity index (χ2n) is 5.11. The molecule has 1 amide bonds. The van der Waals surface area contributed by atoms with Gasteiger partial charge in [-0.15, -0.1) is 12.4 Å². The van der Waals surface area contributed by atoms with Gasteiger partial charge in [-0.25, -0.2) is 0 Å². The quantitative estimate of drug-likeness (QED) is 0.757. The Bertz CT molecular complexity index is 480. The summed E-state index contributed by atoms with van der Waals surface area (Å²) in [5.41, 5.74) is 0. The molecule has 4 nitrogen and oxygen atoms in total. The monoisotopic (exact) mass is 366 g/mol. The molecule has 0 radical (unpaired) electrons. The Morgan fingerprint density at radius 1 is 1.41 bits per heavy atom. The van der Waals surface area contributed by atoms with Gasteiger partial charge < -0.3 is 15.4 Å². The Morgan fingerprint density at radius 3 is 2.95 bits per heavy atom. The number of nitrogens with one attached hydrogen (secondary N) is 2. The Morgan fingerprint density at radius 2 is 2.23 bits per heavy atom. The van der Waals surface area contributed by atoms with Crippen LogP contribution in [-0.2, 0) is 4.79 Å². The smallest absolute Gasteiger partial charge is 0.220 e. The molecule has 1 aliphatic rings. The largest absolute Gasteiger partial charge is 0.492 e. The molecule has 1 saturated heterocycles. The van der Waals surface area contributed by atoms with Gasteiger partial charge >= 0.3 is 0 Å². The van der Waals surface area contributed by atoms with Gasteiger partial charge in [0.1, 0.15) is 10.8 Å². The lowest BCUT2D eigenvalue weighted by atomic mass is 10.1. The minimum Gasteiger partial charge on any atom is -0.492 e. The maximum Gasteiger partial charge on any atom is 0.220 e. The van der Waals surface area contributed by atoms with E-state index in [4.69, 9.17) is 27.9 Å². The molecule has 7 heteroatoms. The number of carbonyl (C=O) groups is 1. The van der Waals surface area contributed by atoms with Crippen LogP contribution in [0, 0.1) is 0 Å². The van der Waals surface area contributed by atoms with Crippen molar-refractivity contribution in [2.75, 3.05) is 19.7 Å². The molecule has 1 unspecified atom stereocenters. The Kier molecular flexibility index (Phi) is 8.95. The zero-order chi connectivity index (χ0) is 15.1. The van der Waals surface area contributed by atoms with Gasteiger partial charge in [0, 0.05) is 19.0 Å². The normalized spacial score (nSPS) is 17.5.